The second kappa shape index (κ2) is 4.50. The van der Waals surface area contributed by atoms with Crippen molar-refractivity contribution in [3.63, 3.8) is 0 Å². The molecule has 0 aliphatic carbocycles. The van der Waals surface area contributed by atoms with Gasteiger partial charge in [0.05, 0.1) is 0 Å². The molecule has 0 aliphatic rings. The smallest absolute Gasteiger partial charge is 0.232 e. The summed E-state index contributed by atoms with van der Waals surface area (Å²) >= 11 is 0. The molecule has 2 rings (SSSR count). The van der Waals surface area contributed by atoms with Crippen molar-refractivity contribution in [1.29, 1.82) is 0 Å². The van der Waals surface area contributed by atoms with E-state index in [0.717, 1.165) is 5.56 Å². The maximum atomic E-state index is 11.6. The molecule has 0 bridgehead atoms. The summed E-state index contributed by atoms with van der Waals surface area (Å²) in [6, 6.07) is 3.84. The molecule has 0 saturated heterocycles. The summed E-state index contributed by atoms with van der Waals surface area (Å²) in [4.78, 5) is 19.4. The van der Waals surface area contributed by atoms with Crippen LogP contribution in [0.1, 0.15) is 16.8 Å². The lowest BCUT2D eigenvalue weighted by molar-refractivity contribution is 0.0903. The molecule has 4 nitrogen and oxygen atoms in total. The Labute approximate surface area is 87.6 Å². The third-order valence-corrected chi connectivity index (χ3v) is 2.14. The maximum Gasteiger partial charge on any atom is 0.232 e. The molecule has 2 heterocycles. The van der Waals surface area contributed by atoms with Gasteiger partial charge in [-0.1, -0.05) is 6.07 Å². The number of carbonyl (C=O) groups is 1. The largest absolute Gasteiger partial charge is 0.276 e. The maximum absolute atomic E-state index is 11.6. The fraction of sp³-hybridized carbons (Fsp3) is 0.182. The van der Waals surface area contributed by atoms with Crippen LogP contribution in [-0.2, 0) is 6.42 Å². The van der Waals surface area contributed by atoms with Gasteiger partial charge in [0.15, 0.2) is 0 Å². The summed E-state index contributed by atoms with van der Waals surface area (Å²) in [5.41, 5.74) is 1.07. The van der Waals surface area contributed by atoms with E-state index in [-0.39, 0.29) is 5.91 Å². The second-order valence-corrected chi connectivity index (χ2v) is 3.22. The summed E-state index contributed by atoms with van der Waals surface area (Å²) in [6.45, 7) is 0. The highest BCUT2D eigenvalue weighted by atomic mass is 16.2. The number of imidazole rings is 1. The Morgan fingerprint density at radius 1 is 1.33 bits per heavy atom. The monoisotopic (exact) mass is 201 g/mol. The Morgan fingerprint density at radius 2 is 2.27 bits per heavy atom. The molecule has 0 aliphatic heterocycles. The van der Waals surface area contributed by atoms with Crippen molar-refractivity contribution < 1.29 is 4.79 Å². The van der Waals surface area contributed by atoms with Gasteiger partial charge in [0.25, 0.3) is 0 Å². The van der Waals surface area contributed by atoms with Gasteiger partial charge < -0.3 is 0 Å². The third kappa shape index (κ3) is 2.49. The van der Waals surface area contributed by atoms with Gasteiger partial charge in [0.1, 0.15) is 6.33 Å². The van der Waals surface area contributed by atoms with Crippen LogP contribution in [-0.4, -0.2) is 20.4 Å². The Morgan fingerprint density at radius 3 is 2.93 bits per heavy atom. The second-order valence-electron chi connectivity index (χ2n) is 3.22. The summed E-state index contributed by atoms with van der Waals surface area (Å²) in [6.07, 6.45) is 9.47. The zero-order chi connectivity index (χ0) is 10.5. The highest BCUT2D eigenvalue weighted by Gasteiger charge is 2.03. The number of nitrogens with zero attached hydrogens (tertiary/aromatic N) is 3. The first-order valence-electron chi connectivity index (χ1n) is 4.76. The topological polar surface area (TPSA) is 47.8 Å². The quantitative estimate of drug-likeness (QED) is 0.757. The molecule has 0 atom stereocenters. The van der Waals surface area contributed by atoms with Crippen LogP contribution in [0.5, 0.6) is 0 Å². The number of hydrogen-bond donors (Lipinski definition) is 0. The Hall–Kier alpha value is -1.97. The molecular formula is C11H11N3O. The summed E-state index contributed by atoms with van der Waals surface area (Å²) in [5.74, 6) is 0.0522. The SMILES string of the molecule is O=C(CCc1cccnc1)n1ccnc1. The van der Waals surface area contributed by atoms with E-state index in [1.807, 2.05) is 12.1 Å². The van der Waals surface area contributed by atoms with E-state index in [1.165, 1.54) is 10.9 Å². The van der Waals surface area contributed by atoms with Gasteiger partial charge in [0, 0.05) is 31.2 Å². The number of aromatic nitrogens is 3. The Kier molecular flexibility index (Phi) is 2.88. The van der Waals surface area contributed by atoms with Crippen molar-refractivity contribution in [2.24, 2.45) is 0 Å². The van der Waals surface area contributed by atoms with Gasteiger partial charge in [0.2, 0.25) is 5.91 Å². The molecule has 0 saturated carbocycles. The van der Waals surface area contributed by atoms with E-state index in [9.17, 15) is 4.79 Å². The Balaban J connectivity index is 1.92. The molecule has 2 aromatic rings. The standard InChI is InChI=1S/C11H11N3O/c15-11(14-7-6-13-9-14)4-3-10-2-1-5-12-8-10/h1-2,5-9H,3-4H2. The minimum Gasteiger partial charge on any atom is -0.276 e. The fourth-order valence-corrected chi connectivity index (χ4v) is 1.33. The minimum atomic E-state index is 0.0522. The number of carbonyl (C=O) groups excluding carboxylic acids is 1. The summed E-state index contributed by atoms with van der Waals surface area (Å²) in [5, 5.41) is 0. The molecule has 0 unspecified atom stereocenters. The van der Waals surface area contributed by atoms with E-state index in [1.54, 1.807) is 24.8 Å². The van der Waals surface area contributed by atoms with Gasteiger partial charge in [-0.25, -0.2) is 4.98 Å². The normalized spacial score (nSPS) is 10.1. The van der Waals surface area contributed by atoms with Crippen LogP contribution >= 0.6 is 0 Å². The number of aryl methyl sites for hydroxylation is 1. The lowest BCUT2D eigenvalue weighted by Crippen LogP contribution is -2.09. The highest BCUT2D eigenvalue weighted by Crippen LogP contribution is 2.02. The molecule has 15 heavy (non-hydrogen) atoms. The molecule has 2 aromatic heterocycles. The first kappa shape index (κ1) is 9.58. The lowest BCUT2D eigenvalue weighted by Gasteiger charge is -2.00. The number of hydrogen-bond acceptors (Lipinski definition) is 3. The fourth-order valence-electron chi connectivity index (χ4n) is 1.33. The van der Waals surface area contributed by atoms with Gasteiger partial charge >= 0.3 is 0 Å². The lowest BCUT2D eigenvalue weighted by atomic mass is 10.1. The van der Waals surface area contributed by atoms with E-state index in [4.69, 9.17) is 0 Å². The van der Waals surface area contributed by atoms with E-state index < -0.39 is 0 Å². The van der Waals surface area contributed by atoms with Crippen molar-refractivity contribution in [2.45, 2.75) is 12.8 Å². The number of rotatable bonds is 3. The molecule has 0 amide bonds. The van der Waals surface area contributed by atoms with Gasteiger partial charge in [-0.15, -0.1) is 0 Å². The van der Waals surface area contributed by atoms with Gasteiger partial charge in [-0.2, -0.15) is 0 Å². The molecule has 76 valence electrons. The average molecular weight is 201 g/mol. The van der Waals surface area contributed by atoms with Crippen LogP contribution in [0, 0.1) is 0 Å². The van der Waals surface area contributed by atoms with Crippen LogP contribution < -0.4 is 0 Å². The summed E-state index contributed by atoms with van der Waals surface area (Å²) in [7, 11) is 0. The average Bonchev–Trinajstić information content (AvgIpc) is 2.81. The van der Waals surface area contributed by atoms with E-state index in [2.05, 4.69) is 9.97 Å². The van der Waals surface area contributed by atoms with Crippen molar-refractivity contribution >= 4 is 5.91 Å². The number of pyridine rings is 1. The van der Waals surface area contributed by atoms with Crippen molar-refractivity contribution in [3.05, 3.63) is 48.8 Å². The van der Waals surface area contributed by atoms with Crippen LogP contribution in [0.2, 0.25) is 0 Å². The van der Waals surface area contributed by atoms with Crippen molar-refractivity contribution in [1.82, 2.24) is 14.5 Å². The molecular weight excluding hydrogens is 190 g/mol. The minimum absolute atomic E-state index is 0.0522. The third-order valence-electron chi connectivity index (χ3n) is 2.14. The first-order chi connectivity index (χ1) is 7.36. The van der Waals surface area contributed by atoms with E-state index in [0.29, 0.717) is 12.8 Å². The van der Waals surface area contributed by atoms with Crippen molar-refractivity contribution in [3.8, 4) is 0 Å². The van der Waals surface area contributed by atoms with Crippen molar-refractivity contribution in [2.75, 3.05) is 0 Å². The van der Waals surface area contributed by atoms with Crippen LogP contribution in [0.4, 0.5) is 0 Å². The van der Waals surface area contributed by atoms with E-state index >= 15 is 0 Å². The molecule has 0 radical (unpaired) electrons. The predicted molar refractivity (Wildman–Crippen MR) is 55.4 cm³/mol. The highest BCUT2D eigenvalue weighted by molar-refractivity contribution is 5.78. The predicted octanol–water partition coefficient (Wildman–Crippen LogP) is 1.55. The Bertz CT molecular complexity index is 422. The van der Waals surface area contributed by atoms with Gasteiger partial charge in [-0.3, -0.25) is 14.3 Å². The summed E-state index contributed by atoms with van der Waals surface area (Å²) < 4.78 is 1.50. The molecule has 4 heteroatoms. The molecule has 0 fully saturated rings. The van der Waals surface area contributed by atoms with Gasteiger partial charge in [-0.05, 0) is 18.1 Å². The van der Waals surface area contributed by atoms with Crippen LogP contribution in [0.15, 0.2) is 43.2 Å². The van der Waals surface area contributed by atoms with Crippen LogP contribution in [0.3, 0.4) is 0 Å². The first-order valence-corrected chi connectivity index (χ1v) is 4.76. The molecule has 0 spiro atoms. The van der Waals surface area contributed by atoms with Crippen LogP contribution in [0.25, 0.3) is 0 Å². The zero-order valence-electron chi connectivity index (χ0n) is 8.21. The molecule has 0 aromatic carbocycles. The molecule has 0 N–H and O–H groups in total. The zero-order valence-corrected chi connectivity index (χ0v) is 8.21.